The van der Waals surface area contributed by atoms with Gasteiger partial charge in [-0.05, 0) is 24.3 Å². The molecule has 2 amide bonds. The van der Waals surface area contributed by atoms with Gasteiger partial charge in [-0.3, -0.25) is 9.59 Å². The van der Waals surface area contributed by atoms with E-state index in [9.17, 15) is 9.59 Å². The van der Waals surface area contributed by atoms with E-state index in [-0.39, 0.29) is 11.8 Å². The van der Waals surface area contributed by atoms with Gasteiger partial charge in [-0.1, -0.05) is 13.8 Å². The molecule has 6 heteroatoms. The number of hydrogen-bond acceptors (Lipinski definition) is 4. The normalized spacial score (nSPS) is 12.3. The Morgan fingerprint density at radius 2 is 1.94 bits per heavy atom. The van der Waals surface area contributed by atoms with E-state index >= 15 is 0 Å². The standard InChI is InChI=1S/C12H25N3O2S/c1-9(2)8-15-11(16)4-6-14-12(17)10(13)5-7-18-3/h9-10H,4-8,13H2,1-3H3,(H,14,17)(H,15,16)/t10-/m1/s1. The van der Waals surface area contributed by atoms with E-state index in [4.69, 9.17) is 5.73 Å². The minimum absolute atomic E-state index is 0.0401. The van der Waals surface area contributed by atoms with Crippen molar-refractivity contribution in [3.63, 3.8) is 0 Å². The van der Waals surface area contributed by atoms with E-state index < -0.39 is 6.04 Å². The minimum Gasteiger partial charge on any atom is -0.356 e. The van der Waals surface area contributed by atoms with Gasteiger partial charge in [-0.15, -0.1) is 0 Å². The van der Waals surface area contributed by atoms with Crippen molar-refractivity contribution in [3.8, 4) is 0 Å². The van der Waals surface area contributed by atoms with Crippen LogP contribution in [0.3, 0.4) is 0 Å². The molecule has 0 aliphatic heterocycles. The number of nitrogens with one attached hydrogen (secondary N) is 2. The van der Waals surface area contributed by atoms with Crippen molar-refractivity contribution in [1.82, 2.24) is 10.6 Å². The lowest BCUT2D eigenvalue weighted by atomic mass is 10.2. The monoisotopic (exact) mass is 275 g/mol. The number of nitrogens with two attached hydrogens (primary N) is 1. The molecule has 0 radical (unpaired) electrons. The molecule has 0 spiro atoms. The van der Waals surface area contributed by atoms with Crippen molar-refractivity contribution in [1.29, 1.82) is 0 Å². The van der Waals surface area contributed by atoms with Crippen LogP contribution in [0.1, 0.15) is 26.7 Å². The van der Waals surface area contributed by atoms with Crippen LogP contribution in [0.5, 0.6) is 0 Å². The summed E-state index contributed by atoms with van der Waals surface area (Å²) >= 11 is 1.66. The summed E-state index contributed by atoms with van der Waals surface area (Å²) in [4.78, 5) is 22.9. The highest BCUT2D eigenvalue weighted by Gasteiger charge is 2.12. The molecule has 0 aromatic heterocycles. The van der Waals surface area contributed by atoms with Crippen LogP contribution in [-0.4, -0.2) is 43.0 Å². The quantitative estimate of drug-likeness (QED) is 0.567. The van der Waals surface area contributed by atoms with E-state index in [1.165, 1.54) is 0 Å². The Kier molecular flexibility index (Phi) is 9.77. The highest BCUT2D eigenvalue weighted by atomic mass is 32.2. The predicted molar refractivity (Wildman–Crippen MR) is 76.4 cm³/mol. The smallest absolute Gasteiger partial charge is 0.236 e. The number of carbonyl (C=O) groups is 2. The first-order chi connectivity index (χ1) is 8.47. The van der Waals surface area contributed by atoms with E-state index in [2.05, 4.69) is 10.6 Å². The Morgan fingerprint density at radius 1 is 1.28 bits per heavy atom. The zero-order valence-electron chi connectivity index (χ0n) is 11.5. The van der Waals surface area contributed by atoms with Crippen molar-refractivity contribution in [3.05, 3.63) is 0 Å². The molecule has 4 N–H and O–H groups in total. The Labute approximate surface area is 114 Å². The lowest BCUT2D eigenvalue weighted by molar-refractivity contribution is -0.123. The van der Waals surface area contributed by atoms with Crippen LogP contribution in [0.2, 0.25) is 0 Å². The number of hydrogen-bond donors (Lipinski definition) is 3. The van der Waals surface area contributed by atoms with Gasteiger partial charge in [0.25, 0.3) is 0 Å². The van der Waals surface area contributed by atoms with Gasteiger partial charge >= 0.3 is 0 Å². The predicted octanol–water partition coefficient (Wildman–Crippen LogP) is 0.345. The molecule has 106 valence electrons. The second-order valence-corrected chi connectivity index (χ2v) is 5.61. The van der Waals surface area contributed by atoms with Gasteiger partial charge < -0.3 is 16.4 Å². The van der Waals surface area contributed by atoms with Crippen molar-refractivity contribution in [2.75, 3.05) is 25.1 Å². The number of thioether (sulfide) groups is 1. The van der Waals surface area contributed by atoms with E-state index in [0.717, 1.165) is 5.75 Å². The van der Waals surface area contributed by atoms with Gasteiger partial charge in [0, 0.05) is 19.5 Å². The molecule has 0 saturated heterocycles. The molecule has 0 fully saturated rings. The molecule has 0 saturated carbocycles. The molecule has 0 aromatic carbocycles. The molecule has 0 heterocycles. The van der Waals surface area contributed by atoms with Crippen LogP contribution in [0.25, 0.3) is 0 Å². The van der Waals surface area contributed by atoms with Gasteiger partial charge in [0.2, 0.25) is 11.8 Å². The van der Waals surface area contributed by atoms with Gasteiger partial charge in [-0.25, -0.2) is 0 Å². The highest BCUT2D eigenvalue weighted by Crippen LogP contribution is 1.98. The topological polar surface area (TPSA) is 84.2 Å². The average molecular weight is 275 g/mol. The van der Waals surface area contributed by atoms with Crippen LogP contribution < -0.4 is 16.4 Å². The van der Waals surface area contributed by atoms with Crippen LogP contribution in [-0.2, 0) is 9.59 Å². The van der Waals surface area contributed by atoms with Gasteiger partial charge in [0.05, 0.1) is 6.04 Å². The maximum atomic E-state index is 11.5. The summed E-state index contributed by atoms with van der Waals surface area (Å²) in [5, 5.41) is 5.47. The summed E-state index contributed by atoms with van der Waals surface area (Å²) in [5.41, 5.74) is 5.69. The first-order valence-electron chi connectivity index (χ1n) is 6.26. The Morgan fingerprint density at radius 3 is 2.50 bits per heavy atom. The second kappa shape index (κ2) is 10.2. The largest absolute Gasteiger partial charge is 0.356 e. The maximum Gasteiger partial charge on any atom is 0.236 e. The number of carbonyl (C=O) groups excluding carboxylic acids is 2. The van der Waals surface area contributed by atoms with E-state index in [0.29, 0.717) is 31.8 Å². The zero-order chi connectivity index (χ0) is 14.0. The van der Waals surface area contributed by atoms with Crippen molar-refractivity contribution >= 4 is 23.6 Å². The zero-order valence-corrected chi connectivity index (χ0v) is 12.3. The molecule has 0 bridgehead atoms. The molecule has 18 heavy (non-hydrogen) atoms. The first-order valence-corrected chi connectivity index (χ1v) is 7.65. The first kappa shape index (κ1) is 17.2. The lowest BCUT2D eigenvalue weighted by Gasteiger charge is -2.12. The van der Waals surface area contributed by atoms with Crippen molar-refractivity contribution in [2.24, 2.45) is 11.7 Å². The molecule has 0 aliphatic rings. The molecule has 0 unspecified atom stereocenters. The number of amides is 2. The fourth-order valence-electron chi connectivity index (χ4n) is 1.21. The highest BCUT2D eigenvalue weighted by molar-refractivity contribution is 7.98. The Bertz CT molecular complexity index is 260. The van der Waals surface area contributed by atoms with Gasteiger partial charge in [0.1, 0.15) is 0 Å². The SMILES string of the molecule is CSCC[C@@H](N)C(=O)NCCC(=O)NCC(C)C. The fraction of sp³-hybridized carbons (Fsp3) is 0.833. The number of rotatable bonds is 9. The molecule has 0 aromatic rings. The molecule has 0 aliphatic carbocycles. The fourth-order valence-corrected chi connectivity index (χ4v) is 1.70. The van der Waals surface area contributed by atoms with E-state index in [1.807, 2.05) is 20.1 Å². The molecule has 5 nitrogen and oxygen atoms in total. The summed E-state index contributed by atoms with van der Waals surface area (Å²) in [6.45, 7) is 5.08. The Balaban J connectivity index is 3.64. The molecular formula is C12H25N3O2S. The van der Waals surface area contributed by atoms with Gasteiger partial charge in [-0.2, -0.15) is 11.8 Å². The second-order valence-electron chi connectivity index (χ2n) is 4.63. The summed E-state index contributed by atoms with van der Waals surface area (Å²) in [6.07, 6.45) is 2.93. The molecule has 1 atom stereocenters. The molecule has 0 rings (SSSR count). The van der Waals surface area contributed by atoms with Crippen LogP contribution in [0.15, 0.2) is 0 Å². The van der Waals surface area contributed by atoms with Crippen LogP contribution in [0, 0.1) is 5.92 Å². The molecular weight excluding hydrogens is 250 g/mol. The third-order valence-electron chi connectivity index (χ3n) is 2.33. The summed E-state index contributed by atoms with van der Waals surface area (Å²) in [7, 11) is 0. The van der Waals surface area contributed by atoms with Crippen molar-refractivity contribution < 1.29 is 9.59 Å². The summed E-state index contributed by atoms with van der Waals surface area (Å²) in [6, 6.07) is -0.476. The summed E-state index contributed by atoms with van der Waals surface area (Å²) < 4.78 is 0. The Hall–Kier alpha value is -0.750. The maximum absolute atomic E-state index is 11.5. The van der Waals surface area contributed by atoms with Gasteiger partial charge in [0.15, 0.2) is 0 Å². The third-order valence-corrected chi connectivity index (χ3v) is 2.97. The summed E-state index contributed by atoms with van der Waals surface area (Å²) in [5.74, 6) is 1.08. The van der Waals surface area contributed by atoms with Crippen molar-refractivity contribution in [2.45, 2.75) is 32.7 Å². The lowest BCUT2D eigenvalue weighted by Crippen LogP contribution is -2.42. The van der Waals surface area contributed by atoms with E-state index in [1.54, 1.807) is 11.8 Å². The van der Waals surface area contributed by atoms with Crippen LogP contribution in [0.4, 0.5) is 0 Å². The average Bonchev–Trinajstić information content (AvgIpc) is 2.33. The third kappa shape index (κ3) is 9.30. The van der Waals surface area contributed by atoms with Crippen LogP contribution >= 0.6 is 11.8 Å². The minimum atomic E-state index is -0.476.